The number of amides is 1. The van der Waals surface area contributed by atoms with Crippen LogP contribution in [0.25, 0.3) is 5.70 Å². The minimum atomic E-state index is -0.969. The van der Waals surface area contributed by atoms with Crippen molar-refractivity contribution >= 4 is 23.3 Å². The van der Waals surface area contributed by atoms with E-state index in [1.54, 1.807) is 12.1 Å². The van der Waals surface area contributed by atoms with Gasteiger partial charge in [-0.1, -0.05) is 43.3 Å². The van der Waals surface area contributed by atoms with Crippen LogP contribution in [0.5, 0.6) is 0 Å². The molecule has 29 heavy (non-hydrogen) atoms. The normalized spacial score (nSPS) is 14.5. The van der Waals surface area contributed by atoms with Gasteiger partial charge in [-0.15, -0.1) is 0 Å². The van der Waals surface area contributed by atoms with Crippen molar-refractivity contribution in [1.29, 1.82) is 0 Å². The van der Waals surface area contributed by atoms with Crippen LogP contribution in [0.3, 0.4) is 0 Å². The molecule has 0 atom stereocenters. The minimum absolute atomic E-state index is 0.110. The zero-order chi connectivity index (χ0) is 20.6. The van der Waals surface area contributed by atoms with Gasteiger partial charge in [-0.25, -0.2) is 4.79 Å². The number of carbonyl (C=O) groups excluding carboxylic acids is 1. The zero-order valence-corrected chi connectivity index (χ0v) is 16.9. The number of carboxylic acids is 1. The summed E-state index contributed by atoms with van der Waals surface area (Å²) in [7, 11) is 0. The van der Waals surface area contributed by atoms with Gasteiger partial charge in [0.05, 0.1) is 12.0 Å². The van der Waals surface area contributed by atoms with E-state index < -0.39 is 5.97 Å². The molecule has 5 nitrogen and oxygen atoms in total. The van der Waals surface area contributed by atoms with Crippen molar-refractivity contribution in [3.63, 3.8) is 0 Å². The van der Waals surface area contributed by atoms with Gasteiger partial charge in [0.15, 0.2) is 0 Å². The van der Waals surface area contributed by atoms with Crippen molar-refractivity contribution in [2.24, 2.45) is 0 Å². The summed E-state index contributed by atoms with van der Waals surface area (Å²) < 4.78 is 0. The Morgan fingerprint density at radius 3 is 2.38 bits per heavy atom. The number of anilines is 1. The van der Waals surface area contributed by atoms with Crippen LogP contribution in [0, 0.1) is 0 Å². The third-order valence-corrected chi connectivity index (χ3v) is 5.14. The number of nitrogens with zero attached hydrogens (tertiary/aromatic N) is 1. The molecule has 0 bridgehead atoms. The predicted molar refractivity (Wildman–Crippen MR) is 116 cm³/mol. The largest absolute Gasteiger partial charge is 0.478 e. The molecule has 152 valence electrons. The number of nitrogens with one attached hydrogen (secondary N) is 1. The molecule has 0 aliphatic carbocycles. The molecule has 1 aliphatic heterocycles. The van der Waals surface area contributed by atoms with Crippen LogP contribution in [0.2, 0.25) is 0 Å². The van der Waals surface area contributed by atoms with Crippen molar-refractivity contribution in [1.82, 2.24) is 5.32 Å². The quantitative estimate of drug-likeness (QED) is 0.729. The first-order valence-corrected chi connectivity index (χ1v) is 10.2. The van der Waals surface area contributed by atoms with Gasteiger partial charge in [-0.2, -0.15) is 0 Å². The number of piperidine rings is 1. The number of para-hydroxylation sites is 1. The molecule has 1 fully saturated rings. The molecule has 5 heteroatoms. The number of carboxylic acid groups (broad SMARTS) is 1. The van der Waals surface area contributed by atoms with Gasteiger partial charge in [0, 0.05) is 30.0 Å². The fourth-order valence-corrected chi connectivity index (χ4v) is 3.69. The minimum Gasteiger partial charge on any atom is -0.478 e. The Balaban J connectivity index is 1.76. The zero-order valence-electron chi connectivity index (χ0n) is 16.9. The number of allylic oxidation sites excluding steroid dienone is 1. The number of rotatable bonds is 7. The van der Waals surface area contributed by atoms with Crippen LogP contribution in [0.4, 0.5) is 5.69 Å². The van der Waals surface area contributed by atoms with E-state index in [1.165, 1.54) is 31.4 Å². The van der Waals surface area contributed by atoms with Crippen molar-refractivity contribution in [3.05, 3.63) is 71.3 Å². The Hall–Kier alpha value is -3.08. The standard InChI is InChI=1S/C24H28N2O3/c1-2-8-21(20-9-4-5-10-22(20)26-15-6-3-7-16-26)25-23(27)17-18-11-13-19(14-12-18)24(28)29/h4-5,8-14H,2-3,6-7,15-17H2,1H3,(H,25,27)(H,28,29). The van der Waals surface area contributed by atoms with E-state index in [-0.39, 0.29) is 17.9 Å². The van der Waals surface area contributed by atoms with Gasteiger partial charge in [0.2, 0.25) is 5.91 Å². The maximum atomic E-state index is 12.7. The maximum absolute atomic E-state index is 12.7. The molecule has 1 aliphatic rings. The van der Waals surface area contributed by atoms with E-state index in [2.05, 4.69) is 29.3 Å². The van der Waals surface area contributed by atoms with Gasteiger partial charge in [-0.3, -0.25) is 4.79 Å². The van der Waals surface area contributed by atoms with Crippen LogP contribution in [-0.2, 0) is 11.2 Å². The topological polar surface area (TPSA) is 69.6 Å². The lowest BCUT2D eigenvalue weighted by molar-refractivity contribution is -0.119. The number of carbonyl (C=O) groups is 2. The first-order chi connectivity index (χ1) is 14.1. The van der Waals surface area contributed by atoms with Gasteiger partial charge >= 0.3 is 5.97 Å². The molecule has 3 rings (SSSR count). The fourth-order valence-electron chi connectivity index (χ4n) is 3.69. The molecule has 0 saturated carbocycles. The van der Waals surface area contributed by atoms with Crippen LogP contribution >= 0.6 is 0 Å². The molecule has 0 spiro atoms. The summed E-state index contributed by atoms with van der Waals surface area (Å²) in [5, 5.41) is 12.1. The average Bonchev–Trinajstić information content (AvgIpc) is 2.74. The number of aromatic carboxylic acids is 1. The first kappa shape index (κ1) is 20.6. The molecule has 2 N–H and O–H groups in total. The summed E-state index contributed by atoms with van der Waals surface area (Å²) >= 11 is 0. The molecule has 0 unspecified atom stereocenters. The number of hydrogen-bond donors (Lipinski definition) is 2. The summed E-state index contributed by atoms with van der Waals surface area (Å²) in [5.41, 5.74) is 4.05. The molecule has 1 heterocycles. The summed E-state index contributed by atoms with van der Waals surface area (Å²) in [6.07, 6.45) is 6.73. The lowest BCUT2D eigenvalue weighted by atomic mass is 10.0. The van der Waals surface area contributed by atoms with Crippen molar-refractivity contribution in [3.8, 4) is 0 Å². The molecule has 2 aromatic rings. The van der Waals surface area contributed by atoms with Crippen LogP contribution in [-0.4, -0.2) is 30.1 Å². The number of benzene rings is 2. The first-order valence-electron chi connectivity index (χ1n) is 10.2. The monoisotopic (exact) mass is 392 g/mol. The Labute approximate surface area is 172 Å². The van der Waals surface area contributed by atoms with Gasteiger partial charge < -0.3 is 15.3 Å². The average molecular weight is 392 g/mol. The van der Waals surface area contributed by atoms with Gasteiger partial charge in [0.1, 0.15) is 0 Å². The van der Waals surface area contributed by atoms with E-state index >= 15 is 0 Å². The Kier molecular flexibility index (Phi) is 7.06. The summed E-state index contributed by atoms with van der Waals surface area (Å²) in [6.45, 7) is 4.14. The van der Waals surface area contributed by atoms with Crippen LogP contribution < -0.4 is 10.2 Å². The Morgan fingerprint density at radius 1 is 1.03 bits per heavy atom. The summed E-state index contributed by atoms with van der Waals surface area (Å²) in [4.78, 5) is 26.1. The highest BCUT2D eigenvalue weighted by atomic mass is 16.4. The van der Waals surface area contributed by atoms with E-state index in [0.717, 1.165) is 42.0 Å². The smallest absolute Gasteiger partial charge is 0.335 e. The second kappa shape index (κ2) is 9.92. The lowest BCUT2D eigenvalue weighted by Gasteiger charge is -2.31. The van der Waals surface area contributed by atoms with E-state index in [0.29, 0.717) is 0 Å². The highest BCUT2D eigenvalue weighted by Crippen LogP contribution is 2.28. The van der Waals surface area contributed by atoms with Gasteiger partial charge in [0.25, 0.3) is 0 Å². The van der Waals surface area contributed by atoms with Crippen LogP contribution in [0.15, 0.2) is 54.6 Å². The molecule has 0 radical (unpaired) electrons. The second-order valence-corrected chi connectivity index (χ2v) is 7.32. The summed E-state index contributed by atoms with van der Waals surface area (Å²) in [5.74, 6) is -1.08. The molecular formula is C24H28N2O3. The predicted octanol–water partition coefficient (Wildman–Crippen LogP) is 4.48. The van der Waals surface area contributed by atoms with E-state index in [1.807, 2.05) is 18.2 Å². The van der Waals surface area contributed by atoms with Crippen LogP contribution in [0.1, 0.15) is 54.1 Å². The molecule has 1 amide bonds. The SMILES string of the molecule is CCC=C(NC(=O)Cc1ccc(C(=O)O)cc1)c1ccccc1N1CCCCC1. The fraction of sp³-hybridized carbons (Fsp3) is 0.333. The maximum Gasteiger partial charge on any atom is 0.335 e. The van der Waals surface area contributed by atoms with E-state index in [4.69, 9.17) is 5.11 Å². The van der Waals surface area contributed by atoms with E-state index in [9.17, 15) is 9.59 Å². The van der Waals surface area contributed by atoms with Crippen molar-refractivity contribution in [2.75, 3.05) is 18.0 Å². The third-order valence-electron chi connectivity index (χ3n) is 5.14. The Bertz CT molecular complexity index is 881. The summed E-state index contributed by atoms with van der Waals surface area (Å²) in [6, 6.07) is 14.7. The Morgan fingerprint density at radius 2 is 1.72 bits per heavy atom. The van der Waals surface area contributed by atoms with Crippen molar-refractivity contribution < 1.29 is 14.7 Å². The molecule has 1 saturated heterocycles. The van der Waals surface area contributed by atoms with Crippen molar-refractivity contribution in [2.45, 2.75) is 39.0 Å². The number of hydrogen-bond acceptors (Lipinski definition) is 3. The molecular weight excluding hydrogens is 364 g/mol. The second-order valence-electron chi connectivity index (χ2n) is 7.32. The lowest BCUT2D eigenvalue weighted by Crippen LogP contribution is -2.31. The highest BCUT2D eigenvalue weighted by molar-refractivity contribution is 5.91. The molecule has 2 aromatic carbocycles. The highest BCUT2D eigenvalue weighted by Gasteiger charge is 2.17. The van der Waals surface area contributed by atoms with Gasteiger partial charge in [-0.05, 0) is 49.4 Å². The molecule has 0 aromatic heterocycles. The third kappa shape index (κ3) is 5.47.